The Morgan fingerprint density at radius 2 is 2.23 bits per heavy atom. The molecule has 158 valence electrons. The monoisotopic (exact) mass is 444 g/mol. The number of hydrogen-bond acceptors (Lipinski definition) is 6. The largest absolute Gasteiger partial charge is 0.445 e. The summed E-state index contributed by atoms with van der Waals surface area (Å²) in [5.74, 6) is 1.63. The third-order valence-electron chi connectivity index (χ3n) is 5.27. The van der Waals surface area contributed by atoms with Crippen molar-refractivity contribution in [1.82, 2.24) is 14.9 Å². The van der Waals surface area contributed by atoms with Crippen LogP contribution in [0.2, 0.25) is 5.02 Å². The molecule has 1 aliphatic rings. The number of hydrogen-bond donors (Lipinski definition) is 1. The number of amides is 1. The molecule has 0 bridgehead atoms. The van der Waals surface area contributed by atoms with Crippen LogP contribution in [0.15, 0.2) is 34.9 Å². The highest BCUT2D eigenvalue weighted by Gasteiger charge is 2.30. The molecule has 1 aliphatic heterocycles. The number of oxazole rings is 1. The highest BCUT2D eigenvalue weighted by molar-refractivity contribution is 7.17. The maximum Gasteiger partial charge on any atom is 0.265 e. The van der Waals surface area contributed by atoms with E-state index in [1.54, 1.807) is 6.20 Å². The number of aryl methyl sites for hydroxylation is 1. The van der Waals surface area contributed by atoms with Gasteiger partial charge in [-0.05, 0) is 38.3 Å². The minimum Gasteiger partial charge on any atom is -0.445 e. The predicted molar refractivity (Wildman–Crippen MR) is 120 cm³/mol. The summed E-state index contributed by atoms with van der Waals surface area (Å²) in [5.41, 5.74) is 1.79. The molecule has 1 amide bonds. The molecular weight excluding hydrogens is 420 g/mol. The fraction of sp³-hybridized carbons (Fsp3) is 0.409. The number of carbonyl (C=O) groups excluding carboxylic acids is 1. The van der Waals surface area contributed by atoms with Gasteiger partial charge in [-0.25, -0.2) is 9.97 Å². The number of halogens is 1. The summed E-state index contributed by atoms with van der Waals surface area (Å²) < 4.78 is 6.05. The van der Waals surface area contributed by atoms with Crippen LogP contribution >= 0.6 is 22.9 Å². The number of rotatable bonds is 6. The SMILES string of the molecule is CCNc1nc(C)c(C(=O)N2CCC[C@@H](c3ncc(Cc4ccccc4Cl)o3)C2)s1. The summed E-state index contributed by atoms with van der Waals surface area (Å²) in [6.07, 6.45) is 4.27. The summed E-state index contributed by atoms with van der Waals surface area (Å²) in [6, 6.07) is 7.75. The summed E-state index contributed by atoms with van der Waals surface area (Å²) in [5, 5.41) is 4.71. The number of likely N-dealkylation sites (tertiary alicyclic amines) is 1. The van der Waals surface area contributed by atoms with Crippen LogP contribution in [0.3, 0.4) is 0 Å². The van der Waals surface area contributed by atoms with E-state index in [-0.39, 0.29) is 11.8 Å². The van der Waals surface area contributed by atoms with E-state index in [4.69, 9.17) is 16.0 Å². The lowest BCUT2D eigenvalue weighted by atomic mass is 9.98. The van der Waals surface area contributed by atoms with Gasteiger partial charge >= 0.3 is 0 Å². The smallest absolute Gasteiger partial charge is 0.265 e. The van der Waals surface area contributed by atoms with Crippen LogP contribution < -0.4 is 5.32 Å². The van der Waals surface area contributed by atoms with Gasteiger partial charge < -0.3 is 14.6 Å². The number of benzene rings is 1. The number of carbonyl (C=O) groups is 1. The summed E-state index contributed by atoms with van der Waals surface area (Å²) in [7, 11) is 0. The Balaban J connectivity index is 1.45. The van der Waals surface area contributed by atoms with Gasteiger partial charge in [-0.15, -0.1) is 0 Å². The Morgan fingerprint density at radius 1 is 1.40 bits per heavy atom. The van der Waals surface area contributed by atoms with Gasteiger partial charge in [0.1, 0.15) is 10.6 Å². The first-order chi connectivity index (χ1) is 14.5. The second-order valence-corrected chi connectivity index (χ2v) is 8.89. The molecule has 0 saturated carbocycles. The molecule has 8 heteroatoms. The van der Waals surface area contributed by atoms with Crippen molar-refractivity contribution in [2.45, 2.75) is 39.0 Å². The van der Waals surface area contributed by atoms with Gasteiger partial charge in [0.2, 0.25) is 0 Å². The molecule has 1 aromatic carbocycles. The summed E-state index contributed by atoms with van der Waals surface area (Å²) in [4.78, 5) is 24.7. The van der Waals surface area contributed by atoms with Gasteiger partial charge in [0.15, 0.2) is 11.0 Å². The van der Waals surface area contributed by atoms with Crippen molar-refractivity contribution < 1.29 is 9.21 Å². The van der Waals surface area contributed by atoms with E-state index in [1.165, 1.54) is 11.3 Å². The molecule has 3 aromatic rings. The lowest BCUT2D eigenvalue weighted by Crippen LogP contribution is -2.39. The standard InChI is InChI=1S/C22H25ClN4O2S/c1-3-24-22-26-14(2)19(30-22)21(28)27-10-6-8-16(13-27)20-25-12-17(29-20)11-15-7-4-5-9-18(15)23/h4-5,7,9,12,16H,3,6,8,10-11,13H2,1-2H3,(H,24,26)/t16-/m1/s1. The van der Waals surface area contributed by atoms with E-state index in [2.05, 4.69) is 15.3 Å². The molecule has 3 heterocycles. The van der Waals surface area contributed by atoms with Gasteiger partial charge in [0, 0.05) is 31.1 Å². The average molecular weight is 445 g/mol. The average Bonchev–Trinajstić information content (AvgIpc) is 3.36. The van der Waals surface area contributed by atoms with Gasteiger partial charge in [-0.3, -0.25) is 4.79 Å². The van der Waals surface area contributed by atoms with Gasteiger partial charge in [0.25, 0.3) is 5.91 Å². The number of thiazole rings is 1. The first-order valence-electron chi connectivity index (χ1n) is 10.2. The fourth-order valence-electron chi connectivity index (χ4n) is 3.75. The second-order valence-electron chi connectivity index (χ2n) is 7.49. The van der Waals surface area contributed by atoms with Crippen molar-refractivity contribution in [2.75, 3.05) is 25.0 Å². The quantitative estimate of drug-likeness (QED) is 0.570. The first-order valence-corrected chi connectivity index (χ1v) is 11.4. The molecule has 4 rings (SSSR count). The van der Waals surface area contributed by atoms with E-state index < -0.39 is 0 Å². The Bertz CT molecular complexity index is 1030. The van der Waals surface area contributed by atoms with Crippen molar-refractivity contribution in [3.8, 4) is 0 Å². The molecule has 2 aromatic heterocycles. The summed E-state index contributed by atoms with van der Waals surface area (Å²) in [6.45, 7) is 6.05. The zero-order chi connectivity index (χ0) is 21.1. The van der Waals surface area contributed by atoms with E-state index >= 15 is 0 Å². The molecule has 0 spiro atoms. The highest BCUT2D eigenvalue weighted by Crippen LogP contribution is 2.31. The Hall–Kier alpha value is -2.38. The number of nitrogens with zero attached hydrogens (tertiary/aromatic N) is 3. The van der Waals surface area contributed by atoms with Gasteiger partial charge in [-0.2, -0.15) is 0 Å². The third-order valence-corrected chi connectivity index (χ3v) is 6.74. The first kappa shape index (κ1) is 20.9. The van der Waals surface area contributed by atoms with E-state index in [9.17, 15) is 4.79 Å². The minimum absolute atomic E-state index is 0.0432. The Kier molecular flexibility index (Phi) is 6.39. The topological polar surface area (TPSA) is 71.3 Å². The van der Waals surface area contributed by atoms with E-state index in [0.29, 0.717) is 23.7 Å². The normalized spacial score (nSPS) is 16.6. The molecule has 0 radical (unpaired) electrons. The lowest BCUT2D eigenvalue weighted by molar-refractivity contribution is 0.0702. The zero-order valence-corrected chi connectivity index (χ0v) is 18.7. The van der Waals surface area contributed by atoms with Gasteiger partial charge in [0.05, 0.1) is 17.8 Å². The fourth-order valence-corrected chi connectivity index (χ4v) is 4.96. The molecule has 0 aliphatic carbocycles. The molecule has 0 unspecified atom stereocenters. The minimum atomic E-state index is 0.0432. The predicted octanol–water partition coefficient (Wildman–Crippen LogP) is 5.14. The van der Waals surface area contributed by atoms with E-state index in [1.807, 2.05) is 43.0 Å². The Morgan fingerprint density at radius 3 is 3.03 bits per heavy atom. The van der Waals surface area contributed by atoms with Crippen LogP contribution in [0.1, 0.15) is 58.3 Å². The number of nitrogens with one attached hydrogen (secondary N) is 1. The van der Waals surface area contributed by atoms with Crippen molar-refractivity contribution >= 4 is 34.0 Å². The zero-order valence-electron chi connectivity index (χ0n) is 17.2. The van der Waals surface area contributed by atoms with Crippen LogP contribution in [-0.2, 0) is 6.42 Å². The maximum atomic E-state index is 13.1. The maximum absolute atomic E-state index is 13.1. The highest BCUT2D eigenvalue weighted by atomic mass is 35.5. The number of anilines is 1. The molecule has 1 atom stereocenters. The van der Waals surface area contributed by atoms with Gasteiger partial charge in [-0.1, -0.05) is 41.1 Å². The Labute approximate surface area is 185 Å². The number of aromatic nitrogens is 2. The third kappa shape index (κ3) is 4.52. The van der Waals surface area contributed by atoms with Crippen molar-refractivity contribution in [1.29, 1.82) is 0 Å². The molecule has 1 fully saturated rings. The van der Waals surface area contributed by atoms with Crippen LogP contribution in [0.4, 0.5) is 5.13 Å². The van der Waals surface area contributed by atoms with Crippen LogP contribution in [0.25, 0.3) is 0 Å². The van der Waals surface area contributed by atoms with Crippen molar-refractivity contribution in [3.05, 3.63) is 63.3 Å². The van der Waals surface area contributed by atoms with E-state index in [0.717, 1.165) is 53.1 Å². The second kappa shape index (κ2) is 9.18. The molecule has 1 N–H and O–H groups in total. The lowest BCUT2D eigenvalue weighted by Gasteiger charge is -2.31. The molecule has 6 nitrogen and oxygen atoms in total. The molecular formula is C22H25ClN4O2S. The van der Waals surface area contributed by atoms with Crippen LogP contribution in [0, 0.1) is 6.92 Å². The van der Waals surface area contributed by atoms with Crippen LogP contribution in [-0.4, -0.2) is 40.4 Å². The summed E-state index contributed by atoms with van der Waals surface area (Å²) >= 11 is 7.69. The van der Waals surface area contributed by atoms with Crippen LogP contribution in [0.5, 0.6) is 0 Å². The van der Waals surface area contributed by atoms with Crippen molar-refractivity contribution in [3.63, 3.8) is 0 Å². The molecule has 1 saturated heterocycles. The number of piperidine rings is 1. The van der Waals surface area contributed by atoms with Crippen molar-refractivity contribution in [2.24, 2.45) is 0 Å². The molecule has 30 heavy (non-hydrogen) atoms.